The molecule has 0 aliphatic heterocycles. The smallest absolute Gasteiger partial charge is 0.191 e. The average Bonchev–Trinajstić information content (AvgIpc) is 2.36. The molecule has 1 aromatic carbocycles. The van der Waals surface area contributed by atoms with Crippen molar-refractivity contribution in [1.82, 2.24) is 9.97 Å². The highest BCUT2D eigenvalue weighted by Gasteiger charge is 2.01. The zero-order valence-corrected chi connectivity index (χ0v) is 12.3. The van der Waals surface area contributed by atoms with Crippen LogP contribution in [0.5, 0.6) is 0 Å². The van der Waals surface area contributed by atoms with E-state index in [4.69, 9.17) is 11.5 Å². The third-order valence-electron chi connectivity index (χ3n) is 2.35. The average molecular weight is 292 g/mol. The van der Waals surface area contributed by atoms with E-state index in [0.29, 0.717) is 16.8 Å². The zero-order chi connectivity index (χ0) is 13.7. The van der Waals surface area contributed by atoms with Crippen molar-refractivity contribution in [1.29, 1.82) is 0 Å². The Balaban J connectivity index is 1.79. The van der Waals surface area contributed by atoms with E-state index in [-0.39, 0.29) is 0 Å². The lowest BCUT2D eigenvalue weighted by Gasteiger charge is -2.03. The normalized spacial score (nSPS) is 10.6. The van der Waals surface area contributed by atoms with Crippen LogP contribution in [0.4, 0.5) is 11.6 Å². The molecular weight excluding hydrogens is 276 g/mol. The number of anilines is 2. The van der Waals surface area contributed by atoms with Crippen LogP contribution in [-0.4, -0.2) is 21.5 Å². The monoisotopic (exact) mass is 292 g/mol. The van der Waals surface area contributed by atoms with E-state index >= 15 is 0 Å². The molecule has 19 heavy (non-hydrogen) atoms. The van der Waals surface area contributed by atoms with Crippen molar-refractivity contribution in [2.75, 3.05) is 23.0 Å². The Morgan fingerprint density at radius 2 is 1.53 bits per heavy atom. The summed E-state index contributed by atoms with van der Waals surface area (Å²) in [7, 11) is 0. The second kappa shape index (κ2) is 6.68. The van der Waals surface area contributed by atoms with E-state index in [1.165, 1.54) is 10.5 Å². The van der Waals surface area contributed by atoms with Gasteiger partial charge in [0, 0.05) is 22.5 Å². The first-order valence-electron chi connectivity index (χ1n) is 5.86. The van der Waals surface area contributed by atoms with Crippen molar-refractivity contribution in [3.05, 3.63) is 35.9 Å². The molecule has 0 aliphatic rings. The Labute approximate surface area is 121 Å². The van der Waals surface area contributed by atoms with Gasteiger partial charge in [-0.25, -0.2) is 9.97 Å². The fourth-order valence-electron chi connectivity index (χ4n) is 1.45. The van der Waals surface area contributed by atoms with Gasteiger partial charge in [-0.15, -0.1) is 11.8 Å². The van der Waals surface area contributed by atoms with Crippen LogP contribution < -0.4 is 11.5 Å². The fraction of sp³-hybridized carbons (Fsp3) is 0.231. The molecule has 0 amide bonds. The minimum Gasteiger partial charge on any atom is -0.383 e. The number of thioether (sulfide) groups is 2. The topological polar surface area (TPSA) is 77.8 Å². The Hall–Kier alpha value is -1.40. The number of nitrogens with zero attached hydrogens (tertiary/aromatic N) is 2. The van der Waals surface area contributed by atoms with Crippen LogP contribution in [-0.2, 0) is 0 Å². The molecule has 0 saturated carbocycles. The second-order valence-electron chi connectivity index (χ2n) is 4.01. The summed E-state index contributed by atoms with van der Waals surface area (Å²) in [6.07, 6.45) is 0. The van der Waals surface area contributed by atoms with Gasteiger partial charge in [0.2, 0.25) is 0 Å². The molecule has 2 aromatic rings. The van der Waals surface area contributed by atoms with Gasteiger partial charge in [-0.3, -0.25) is 0 Å². The molecule has 0 saturated heterocycles. The minimum absolute atomic E-state index is 0.418. The van der Waals surface area contributed by atoms with Gasteiger partial charge in [0.25, 0.3) is 0 Å². The van der Waals surface area contributed by atoms with Crippen molar-refractivity contribution in [2.45, 2.75) is 17.0 Å². The summed E-state index contributed by atoms with van der Waals surface area (Å²) in [6.45, 7) is 2.09. The van der Waals surface area contributed by atoms with E-state index in [1.807, 2.05) is 11.8 Å². The molecule has 4 nitrogen and oxygen atoms in total. The molecule has 4 N–H and O–H groups in total. The van der Waals surface area contributed by atoms with E-state index in [2.05, 4.69) is 41.2 Å². The molecule has 2 rings (SSSR count). The molecule has 1 heterocycles. The van der Waals surface area contributed by atoms with Gasteiger partial charge >= 0.3 is 0 Å². The van der Waals surface area contributed by atoms with Gasteiger partial charge < -0.3 is 11.5 Å². The quantitative estimate of drug-likeness (QED) is 0.501. The summed E-state index contributed by atoms with van der Waals surface area (Å²) in [4.78, 5) is 9.54. The predicted molar refractivity (Wildman–Crippen MR) is 83.5 cm³/mol. The van der Waals surface area contributed by atoms with E-state index in [0.717, 1.165) is 11.5 Å². The predicted octanol–water partition coefficient (Wildman–Crippen LogP) is 2.83. The summed E-state index contributed by atoms with van der Waals surface area (Å²) in [5, 5.41) is 0.641. The van der Waals surface area contributed by atoms with Crippen LogP contribution in [0, 0.1) is 6.92 Å². The van der Waals surface area contributed by atoms with Gasteiger partial charge in [0.05, 0.1) is 0 Å². The van der Waals surface area contributed by atoms with Gasteiger partial charge in [0.15, 0.2) is 5.16 Å². The maximum atomic E-state index is 5.62. The van der Waals surface area contributed by atoms with Gasteiger partial charge in [-0.2, -0.15) is 0 Å². The lowest BCUT2D eigenvalue weighted by molar-refractivity contribution is 0.985. The Morgan fingerprint density at radius 1 is 0.947 bits per heavy atom. The number of nitrogen functional groups attached to an aromatic ring is 2. The van der Waals surface area contributed by atoms with Crippen LogP contribution in [0.15, 0.2) is 40.4 Å². The van der Waals surface area contributed by atoms with E-state index < -0.39 is 0 Å². The summed E-state index contributed by atoms with van der Waals surface area (Å²) in [5.74, 6) is 2.75. The molecule has 0 spiro atoms. The Morgan fingerprint density at radius 3 is 2.16 bits per heavy atom. The standard InChI is InChI=1S/C13H16N4S2/c1-9-2-4-10(5-3-9)18-6-7-19-13-16-11(14)8-12(15)17-13/h2-5,8H,6-7H2,1H3,(H4,14,15,16,17). The number of nitrogens with two attached hydrogens (primary N) is 2. The van der Waals surface area contributed by atoms with Crippen LogP contribution in [0.1, 0.15) is 5.56 Å². The summed E-state index contributed by atoms with van der Waals surface area (Å²) < 4.78 is 0. The van der Waals surface area contributed by atoms with E-state index in [1.54, 1.807) is 17.8 Å². The minimum atomic E-state index is 0.418. The number of aromatic nitrogens is 2. The van der Waals surface area contributed by atoms with Crippen LogP contribution >= 0.6 is 23.5 Å². The highest BCUT2D eigenvalue weighted by Crippen LogP contribution is 2.22. The Bertz CT molecular complexity index is 523. The van der Waals surface area contributed by atoms with Crippen molar-refractivity contribution >= 4 is 35.2 Å². The van der Waals surface area contributed by atoms with Gasteiger partial charge in [0.1, 0.15) is 11.6 Å². The van der Waals surface area contributed by atoms with Crippen LogP contribution in [0.3, 0.4) is 0 Å². The lowest BCUT2D eigenvalue weighted by atomic mass is 10.2. The SMILES string of the molecule is Cc1ccc(SCCSc2nc(N)cc(N)n2)cc1. The molecule has 1 aromatic heterocycles. The molecule has 100 valence electrons. The highest BCUT2D eigenvalue weighted by atomic mass is 32.2. The molecule has 0 unspecified atom stereocenters. The van der Waals surface area contributed by atoms with Crippen LogP contribution in [0.2, 0.25) is 0 Å². The van der Waals surface area contributed by atoms with Gasteiger partial charge in [-0.05, 0) is 19.1 Å². The molecule has 0 radical (unpaired) electrons. The summed E-state index contributed by atoms with van der Waals surface area (Å²) >= 11 is 3.39. The van der Waals surface area contributed by atoms with Crippen molar-refractivity contribution < 1.29 is 0 Å². The van der Waals surface area contributed by atoms with E-state index in [9.17, 15) is 0 Å². The number of rotatable bonds is 5. The van der Waals surface area contributed by atoms with Crippen molar-refractivity contribution in [3.63, 3.8) is 0 Å². The maximum absolute atomic E-state index is 5.62. The van der Waals surface area contributed by atoms with Crippen molar-refractivity contribution in [3.8, 4) is 0 Å². The second-order valence-corrected chi connectivity index (χ2v) is 6.24. The van der Waals surface area contributed by atoms with Crippen molar-refractivity contribution in [2.24, 2.45) is 0 Å². The third kappa shape index (κ3) is 4.65. The third-order valence-corrected chi connectivity index (χ3v) is 4.47. The molecule has 0 fully saturated rings. The fourth-order valence-corrected chi connectivity index (χ4v) is 3.21. The van der Waals surface area contributed by atoms with Crippen LogP contribution in [0.25, 0.3) is 0 Å². The lowest BCUT2D eigenvalue weighted by Crippen LogP contribution is -1.99. The molecule has 0 atom stereocenters. The summed E-state index contributed by atoms with van der Waals surface area (Å²) in [6, 6.07) is 10.1. The highest BCUT2D eigenvalue weighted by molar-refractivity contribution is 8.02. The first kappa shape index (κ1) is 14.0. The van der Waals surface area contributed by atoms with Gasteiger partial charge in [-0.1, -0.05) is 29.5 Å². The maximum Gasteiger partial charge on any atom is 0.191 e. The first-order chi connectivity index (χ1) is 9.13. The largest absolute Gasteiger partial charge is 0.383 e. The summed E-state index contributed by atoms with van der Waals surface area (Å²) in [5.41, 5.74) is 12.5. The molecule has 0 bridgehead atoms. The molecular formula is C13H16N4S2. The Kier molecular flexibility index (Phi) is 4.93. The number of benzene rings is 1. The first-order valence-corrected chi connectivity index (χ1v) is 7.83. The number of aryl methyl sites for hydroxylation is 1. The zero-order valence-electron chi connectivity index (χ0n) is 10.7. The molecule has 6 heteroatoms. The number of hydrogen-bond donors (Lipinski definition) is 2. The molecule has 0 aliphatic carbocycles. The number of hydrogen-bond acceptors (Lipinski definition) is 6.